The van der Waals surface area contributed by atoms with Crippen LogP contribution in [0.3, 0.4) is 0 Å². The monoisotopic (exact) mass is 196 g/mol. The molecule has 0 spiro atoms. The molecule has 0 radical (unpaired) electrons. The average Bonchev–Trinajstić information content (AvgIpc) is 2.16. The van der Waals surface area contributed by atoms with Gasteiger partial charge in [0, 0.05) is 12.6 Å². The van der Waals surface area contributed by atoms with E-state index in [1.807, 2.05) is 0 Å². The summed E-state index contributed by atoms with van der Waals surface area (Å²) >= 11 is 0. The van der Waals surface area contributed by atoms with E-state index in [0.29, 0.717) is 11.4 Å². The van der Waals surface area contributed by atoms with Crippen LogP contribution in [0, 0.1) is 5.82 Å². The second-order valence-electron chi connectivity index (χ2n) is 2.97. The molecule has 0 bridgehead atoms. The van der Waals surface area contributed by atoms with Crippen LogP contribution >= 0.6 is 0 Å². The number of nitrogens with two attached hydrogens (primary N) is 1. The number of hydrogen-bond donors (Lipinski definition) is 2. The van der Waals surface area contributed by atoms with E-state index in [1.54, 1.807) is 0 Å². The fraction of sp³-hybridized carbons (Fsp3) is 0.222. The van der Waals surface area contributed by atoms with Gasteiger partial charge in [-0.25, -0.2) is 4.39 Å². The molecular formula is C9H9FN2O2. The van der Waals surface area contributed by atoms with Crippen molar-refractivity contribution in [2.45, 2.75) is 6.10 Å². The smallest absolute Gasteiger partial charge is 0.266 e. The van der Waals surface area contributed by atoms with Gasteiger partial charge in [0.15, 0.2) is 6.10 Å². The molecule has 1 aliphatic rings. The second kappa shape index (κ2) is 3.26. The molecule has 74 valence electrons. The molecule has 1 amide bonds. The summed E-state index contributed by atoms with van der Waals surface area (Å²) in [6.45, 7) is 0.0999. The number of anilines is 1. The summed E-state index contributed by atoms with van der Waals surface area (Å²) in [6.07, 6.45) is -0.687. The highest BCUT2D eigenvalue weighted by atomic mass is 19.1. The molecule has 3 N–H and O–H groups in total. The van der Waals surface area contributed by atoms with Crippen LogP contribution in [-0.2, 0) is 4.79 Å². The minimum atomic E-state index is -0.687. The summed E-state index contributed by atoms with van der Waals surface area (Å²) < 4.78 is 18.0. The van der Waals surface area contributed by atoms with E-state index >= 15 is 0 Å². The molecule has 1 heterocycles. The Bertz CT molecular complexity index is 381. The third-order valence-electron chi connectivity index (χ3n) is 1.98. The number of benzene rings is 1. The Morgan fingerprint density at radius 2 is 2.36 bits per heavy atom. The number of nitrogens with one attached hydrogen (secondary N) is 1. The Balaban J connectivity index is 2.35. The van der Waals surface area contributed by atoms with E-state index in [2.05, 4.69) is 5.32 Å². The van der Waals surface area contributed by atoms with Gasteiger partial charge in [0.2, 0.25) is 0 Å². The maximum Gasteiger partial charge on any atom is 0.266 e. The number of rotatable bonds is 1. The minimum Gasteiger partial charge on any atom is -0.477 e. The van der Waals surface area contributed by atoms with Crippen molar-refractivity contribution in [1.29, 1.82) is 0 Å². The molecule has 1 atom stereocenters. The maximum absolute atomic E-state index is 12.8. The lowest BCUT2D eigenvalue weighted by Gasteiger charge is -2.24. The Morgan fingerprint density at radius 3 is 3.07 bits per heavy atom. The number of ether oxygens (including phenoxy) is 1. The van der Waals surface area contributed by atoms with Gasteiger partial charge in [-0.05, 0) is 12.1 Å². The largest absolute Gasteiger partial charge is 0.477 e. The van der Waals surface area contributed by atoms with E-state index in [1.165, 1.54) is 18.2 Å². The third kappa shape index (κ3) is 1.42. The molecule has 5 heteroatoms. The minimum absolute atomic E-state index is 0.0999. The first-order valence-corrected chi connectivity index (χ1v) is 4.18. The summed E-state index contributed by atoms with van der Waals surface area (Å²) in [5, 5.41) is 2.52. The van der Waals surface area contributed by atoms with Crippen LogP contribution in [0.25, 0.3) is 0 Å². The molecule has 0 aromatic heterocycles. The van der Waals surface area contributed by atoms with E-state index in [-0.39, 0.29) is 12.5 Å². The summed E-state index contributed by atoms with van der Waals surface area (Å²) in [5.74, 6) is -0.314. The van der Waals surface area contributed by atoms with E-state index in [4.69, 9.17) is 10.5 Å². The molecule has 1 aromatic carbocycles. The summed E-state index contributed by atoms with van der Waals surface area (Å²) in [5.41, 5.74) is 5.67. The first-order valence-electron chi connectivity index (χ1n) is 4.18. The Hall–Kier alpha value is -1.62. The van der Waals surface area contributed by atoms with Crippen LogP contribution in [0.15, 0.2) is 18.2 Å². The summed E-state index contributed by atoms with van der Waals surface area (Å²) in [6, 6.07) is 3.94. The quantitative estimate of drug-likeness (QED) is 0.686. The van der Waals surface area contributed by atoms with Crippen LogP contribution in [0.4, 0.5) is 10.1 Å². The molecular weight excluding hydrogens is 187 g/mol. The molecule has 1 aliphatic heterocycles. The lowest BCUT2D eigenvalue weighted by Crippen LogP contribution is -2.42. The van der Waals surface area contributed by atoms with Crippen molar-refractivity contribution in [3.8, 4) is 5.75 Å². The summed E-state index contributed by atoms with van der Waals surface area (Å²) in [4.78, 5) is 11.3. The van der Waals surface area contributed by atoms with Gasteiger partial charge >= 0.3 is 0 Å². The van der Waals surface area contributed by atoms with Gasteiger partial charge in [-0.1, -0.05) is 0 Å². The van der Waals surface area contributed by atoms with Gasteiger partial charge in [0.1, 0.15) is 11.6 Å². The van der Waals surface area contributed by atoms with Crippen LogP contribution < -0.4 is 15.8 Å². The normalized spacial score (nSPS) is 19.6. The number of carbonyl (C=O) groups is 1. The molecule has 1 unspecified atom stereocenters. The van der Waals surface area contributed by atoms with E-state index in [9.17, 15) is 9.18 Å². The number of carbonyl (C=O) groups excluding carboxylic acids is 1. The van der Waals surface area contributed by atoms with Crippen molar-refractivity contribution in [2.75, 3.05) is 11.9 Å². The molecule has 4 nitrogen and oxygen atoms in total. The molecule has 2 rings (SSSR count). The van der Waals surface area contributed by atoms with E-state index in [0.717, 1.165) is 0 Å². The average molecular weight is 196 g/mol. The van der Waals surface area contributed by atoms with Crippen LogP contribution in [0.1, 0.15) is 0 Å². The standard InChI is InChI=1S/C9H9FN2O2/c10-5-1-2-7-6(3-5)12-9(13)8(4-11)14-7/h1-3,8H,4,11H2,(H,12,13). The molecule has 0 saturated carbocycles. The highest BCUT2D eigenvalue weighted by Gasteiger charge is 2.26. The molecule has 0 aliphatic carbocycles. The number of hydrogen-bond acceptors (Lipinski definition) is 3. The van der Waals surface area contributed by atoms with E-state index < -0.39 is 11.9 Å². The number of fused-ring (bicyclic) bond motifs is 1. The highest BCUT2D eigenvalue weighted by Crippen LogP contribution is 2.29. The fourth-order valence-corrected chi connectivity index (χ4v) is 1.28. The van der Waals surface area contributed by atoms with Crippen molar-refractivity contribution in [3.05, 3.63) is 24.0 Å². The second-order valence-corrected chi connectivity index (χ2v) is 2.97. The number of amides is 1. The zero-order valence-electron chi connectivity index (χ0n) is 7.29. The van der Waals surface area contributed by atoms with Crippen molar-refractivity contribution in [1.82, 2.24) is 0 Å². The van der Waals surface area contributed by atoms with Crippen LogP contribution in [0.5, 0.6) is 5.75 Å². The Kier molecular flexibility index (Phi) is 2.09. The zero-order valence-corrected chi connectivity index (χ0v) is 7.29. The first-order chi connectivity index (χ1) is 6.70. The molecule has 1 aromatic rings. The van der Waals surface area contributed by atoms with Gasteiger partial charge in [-0.15, -0.1) is 0 Å². The summed E-state index contributed by atoms with van der Waals surface area (Å²) in [7, 11) is 0. The zero-order chi connectivity index (χ0) is 10.1. The lowest BCUT2D eigenvalue weighted by atomic mass is 10.2. The molecule has 0 saturated heterocycles. The van der Waals surface area contributed by atoms with Gasteiger partial charge in [-0.2, -0.15) is 0 Å². The fourth-order valence-electron chi connectivity index (χ4n) is 1.28. The SMILES string of the molecule is NCC1Oc2ccc(F)cc2NC1=O. The van der Waals surface area contributed by atoms with Crippen LogP contribution in [-0.4, -0.2) is 18.6 Å². The van der Waals surface area contributed by atoms with Crippen molar-refractivity contribution in [3.63, 3.8) is 0 Å². The third-order valence-corrected chi connectivity index (χ3v) is 1.98. The number of halogens is 1. The molecule has 0 fully saturated rings. The topological polar surface area (TPSA) is 64.3 Å². The van der Waals surface area contributed by atoms with Crippen molar-refractivity contribution >= 4 is 11.6 Å². The van der Waals surface area contributed by atoms with Gasteiger partial charge < -0.3 is 15.8 Å². The van der Waals surface area contributed by atoms with Gasteiger partial charge in [0.05, 0.1) is 5.69 Å². The Morgan fingerprint density at radius 1 is 1.57 bits per heavy atom. The lowest BCUT2D eigenvalue weighted by molar-refractivity contribution is -0.123. The molecule has 14 heavy (non-hydrogen) atoms. The predicted octanol–water partition coefficient (Wildman–Crippen LogP) is 0.484. The predicted molar refractivity (Wildman–Crippen MR) is 48.5 cm³/mol. The first kappa shape index (κ1) is 8.96. The van der Waals surface area contributed by atoms with Crippen LogP contribution in [0.2, 0.25) is 0 Å². The Labute approximate surface area is 79.9 Å². The van der Waals surface area contributed by atoms with Crippen molar-refractivity contribution < 1.29 is 13.9 Å². The maximum atomic E-state index is 12.8. The van der Waals surface area contributed by atoms with Crippen molar-refractivity contribution in [2.24, 2.45) is 5.73 Å². The highest BCUT2D eigenvalue weighted by molar-refractivity contribution is 5.97. The van der Waals surface area contributed by atoms with Gasteiger partial charge in [0.25, 0.3) is 5.91 Å². The van der Waals surface area contributed by atoms with Gasteiger partial charge in [-0.3, -0.25) is 4.79 Å².